The Labute approximate surface area is 89.4 Å². The van der Waals surface area contributed by atoms with Crippen molar-refractivity contribution in [3.05, 3.63) is 29.8 Å². The monoisotopic (exact) mass is 227 g/mol. The van der Waals surface area contributed by atoms with Crippen molar-refractivity contribution in [3.8, 4) is 0 Å². The molecule has 15 heavy (non-hydrogen) atoms. The minimum Gasteiger partial charge on any atom is -0.298 e. The van der Waals surface area contributed by atoms with Crippen LogP contribution in [0.4, 0.5) is 5.69 Å². The molecular formula is C10H13NO3S. The first-order valence-electron chi connectivity index (χ1n) is 4.63. The van der Waals surface area contributed by atoms with E-state index in [2.05, 4.69) is 4.72 Å². The lowest BCUT2D eigenvalue weighted by atomic mass is 10.2. The van der Waals surface area contributed by atoms with Crippen LogP contribution >= 0.6 is 0 Å². The number of aldehydes is 1. The summed E-state index contributed by atoms with van der Waals surface area (Å²) in [5.74, 6) is 0.0996. The van der Waals surface area contributed by atoms with Gasteiger partial charge in [0.05, 0.1) is 5.75 Å². The van der Waals surface area contributed by atoms with Gasteiger partial charge in [-0.2, -0.15) is 0 Å². The number of sulfonamides is 1. The maximum Gasteiger partial charge on any atom is 0.232 e. The molecule has 0 heterocycles. The van der Waals surface area contributed by atoms with Crippen LogP contribution in [0.5, 0.6) is 0 Å². The molecule has 0 atom stereocenters. The summed E-state index contributed by atoms with van der Waals surface area (Å²) < 4.78 is 25.2. The second-order valence-corrected chi connectivity index (χ2v) is 5.00. The maximum absolute atomic E-state index is 11.4. The van der Waals surface area contributed by atoms with Gasteiger partial charge in [-0.15, -0.1) is 0 Å². The van der Waals surface area contributed by atoms with Crippen molar-refractivity contribution in [2.75, 3.05) is 10.5 Å². The largest absolute Gasteiger partial charge is 0.298 e. The molecule has 0 unspecified atom stereocenters. The Morgan fingerprint density at radius 1 is 1.27 bits per heavy atom. The van der Waals surface area contributed by atoms with Gasteiger partial charge in [-0.05, 0) is 30.7 Å². The minimum atomic E-state index is -3.24. The standard InChI is InChI=1S/C10H13NO3S/c1-2-7-15(13,14)11-10-5-3-9(8-12)4-6-10/h3-6,8,11H,2,7H2,1H3. The van der Waals surface area contributed by atoms with E-state index in [-0.39, 0.29) is 5.75 Å². The van der Waals surface area contributed by atoms with Gasteiger partial charge in [0.1, 0.15) is 6.29 Å². The Morgan fingerprint density at radius 2 is 1.87 bits per heavy atom. The molecular weight excluding hydrogens is 214 g/mol. The van der Waals surface area contributed by atoms with Gasteiger partial charge >= 0.3 is 0 Å². The van der Waals surface area contributed by atoms with E-state index in [0.717, 1.165) is 0 Å². The third-order valence-electron chi connectivity index (χ3n) is 1.79. The van der Waals surface area contributed by atoms with E-state index in [9.17, 15) is 13.2 Å². The third-order valence-corrected chi connectivity index (χ3v) is 3.29. The van der Waals surface area contributed by atoms with E-state index >= 15 is 0 Å². The first kappa shape index (κ1) is 11.7. The number of carbonyl (C=O) groups excluding carboxylic acids is 1. The SMILES string of the molecule is CCCS(=O)(=O)Nc1ccc(C=O)cc1. The number of hydrogen-bond acceptors (Lipinski definition) is 3. The van der Waals surface area contributed by atoms with Gasteiger partial charge in [0, 0.05) is 11.3 Å². The van der Waals surface area contributed by atoms with Crippen molar-refractivity contribution in [3.63, 3.8) is 0 Å². The molecule has 0 aromatic heterocycles. The molecule has 0 spiro atoms. The number of anilines is 1. The van der Waals surface area contributed by atoms with E-state index in [1.165, 1.54) is 0 Å². The van der Waals surface area contributed by atoms with Crippen molar-refractivity contribution < 1.29 is 13.2 Å². The highest BCUT2D eigenvalue weighted by Gasteiger charge is 2.07. The van der Waals surface area contributed by atoms with Crippen LogP contribution in [0.1, 0.15) is 23.7 Å². The van der Waals surface area contributed by atoms with Gasteiger partial charge in [-0.25, -0.2) is 8.42 Å². The summed E-state index contributed by atoms with van der Waals surface area (Å²) in [5, 5.41) is 0. The molecule has 4 nitrogen and oxygen atoms in total. The van der Waals surface area contributed by atoms with Crippen LogP contribution in [0, 0.1) is 0 Å². The molecule has 1 aromatic carbocycles. The van der Waals surface area contributed by atoms with Gasteiger partial charge < -0.3 is 0 Å². The lowest BCUT2D eigenvalue weighted by molar-refractivity contribution is 0.112. The van der Waals surface area contributed by atoms with Gasteiger partial charge in [-0.3, -0.25) is 9.52 Å². The molecule has 0 saturated heterocycles. The zero-order valence-corrected chi connectivity index (χ0v) is 9.25. The van der Waals surface area contributed by atoms with Crippen LogP contribution in [0.2, 0.25) is 0 Å². The topological polar surface area (TPSA) is 63.2 Å². The summed E-state index contributed by atoms with van der Waals surface area (Å²) in [7, 11) is -3.24. The lowest BCUT2D eigenvalue weighted by Crippen LogP contribution is -2.15. The normalized spacial score (nSPS) is 11.0. The maximum atomic E-state index is 11.4. The molecule has 0 bridgehead atoms. The van der Waals surface area contributed by atoms with Gasteiger partial charge in [0.15, 0.2) is 0 Å². The Balaban J connectivity index is 2.77. The van der Waals surface area contributed by atoms with Crippen molar-refractivity contribution in [1.82, 2.24) is 0 Å². The predicted molar refractivity (Wildman–Crippen MR) is 59.5 cm³/mol. The Hall–Kier alpha value is -1.36. The van der Waals surface area contributed by atoms with Crippen LogP contribution in [0.15, 0.2) is 24.3 Å². The summed E-state index contributed by atoms with van der Waals surface area (Å²) >= 11 is 0. The fourth-order valence-electron chi connectivity index (χ4n) is 1.13. The van der Waals surface area contributed by atoms with Crippen LogP contribution in [-0.4, -0.2) is 20.5 Å². The smallest absolute Gasteiger partial charge is 0.232 e. The molecule has 0 aliphatic heterocycles. The molecule has 0 amide bonds. The number of rotatable bonds is 5. The highest BCUT2D eigenvalue weighted by Crippen LogP contribution is 2.10. The summed E-state index contributed by atoms with van der Waals surface area (Å²) in [5.41, 5.74) is 1.00. The molecule has 1 rings (SSSR count). The zero-order chi connectivity index (χ0) is 11.3. The van der Waals surface area contributed by atoms with E-state index in [1.807, 2.05) is 0 Å². The Morgan fingerprint density at radius 3 is 2.33 bits per heavy atom. The molecule has 0 aliphatic rings. The first-order valence-corrected chi connectivity index (χ1v) is 6.28. The van der Waals surface area contributed by atoms with Crippen LogP contribution < -0.4 is 4.72 Å². The average molecular weight is 227 g/mol. The summed E-state index contributed by atoms with van der Waals surface area (Å²) in [6.45, 7) is 1.80. The second-order valence-electron chi connectivity index (χ2n) is 3.16. The van der Waals surface area contributed by atoms with Crippen LogP contribution in [-0.2, 0) is 10.0 Å². The van der Waals surface area contributed by atoms with E-state index in [4.69, 9.17) is 0 Å². The van der Waals surface area contributed by atoms with E-state index < -0.39 is 10.0 Å². The van der Waals surface area contributed by atoms with Crippen LogP contribution in [0.3, 0.4) is 0 Å². The number of nitrogens with one attached hydrogen (secondary N) is 1. The first-order chi connectivity index (χ1) is 7.07. The van der Waals surface area contributed by atoms with Crippen molar-refractivity contribution >= 4 is 22.0 Å². The zero-order valence-electron chi connectivity index (χ0n) is 8.43. The van der Waals surface area contributed by atoms with Crippen molar-refractivity contribution in [1.29, 1.82) is 0 Å². The third kappa shape index (κ3) is 3.71. The molecule has 5 heteroatoms. The van der Waals surface area contributed by atoms with Gasteiger partial charge in [0.2, 0.25) is 10.0 Å². The minimum absolute atomic E-state index is 0.0996. The average Bonchev–Trinajstić information content (AvgIpc) is 2.18. The number of benzene rings is 1. The van der Waals surface area contributed by atoms with Crippen LogP contribution in [0.25, 0.3) is 0 Å². The fraction of sp³-hybridized carbons (Fsp3) is 0.300. The fourth-order valence-corrected chi connectivity index (χ4v) is 2.26. The Bertz CT molecular complexity index is 422. The van der Waals surface area contributed by atoms with E-state index in [1.54, 1.807) is 31.2 Å². The molecule has 1 N–H and O–H groups in total. The molecule has 0 aliphatic carbocycles. The highest BCUT2D eigenvalue weighted by molar-refractivity contribution is 7.92. The Kier molecular flexibility index (Phi) is 3.85. The number of carbonyl (C=O) groups is 1. The molecule has 0 fully saturated rings. The van der Waals surface area contributed by atoms with Gasteiger partial charge in [-0.1, -0.05) is 6.92 Å². The van der Waals surface area contributed by atoms with E-state index in [0.29, 0.717) is 24.0 Å². The summed E-state index contributed by atoms with van der Waals surface area (Å²) in [4.78, 5) is 10.4. The van der Waals surface area contributed by atoms with Crippen molar-refractivity contribution in [2.24, 2.45) is 0 Å². The predicted octanol–water partition coefficient (Wildman–Crippen LogP) is 1.65. The molecule has 82 valence electrons. The summed E-state index contributed by atoms with van der Waals surface area (Å²) in [6, 6.07) is 6.27. The summed E-state index contributed by atoms with van der Waals surface area (Å²) in [6.07, 6.45) is 1.28. The van der Waals surface area contributed by atoms with Gasteiger partial charge in [0.25, 0.3) is 0 Å². The molecule has 1 aromatic rings. The molecule has 0 radical (unpaired) electrons. The highest BCUT2D eigenvalue weighted by atomic mass is 32.2. The quantitative estimate of drug-likeness (QED) is 0.778. The second kappa shape index (κ2) is 4.93. The van der Waals surface area contributed by atoms with Crippen molar-refractivity contribution in [2.45, 2.75) is 13.3 Å². The number of hydrogen-bond donors (Lipinski definition) is 1. The lowest BCUT2D eigenvalue weighted by Gasteiger charge is -2.06. The molecule has 0 saturated carbocycles.